The number of benzene rings is 1. The van der Waals surface area contributed by atoms with Crippen LogP contribution in [0.5, 0.6) is 0 Å². The van der Waals surface area contributed by atoms with E-state index in [2.05, 4.69) is 47.6 Å². The maximum Gasteiger partial charge on any atom is 0.0418 e. The van der Waals surface area contributed by atoms with Crippen molar-refractivity contribution in [3.05, 3.63) is 29.3 Å². The summed E-state index contributed by atoms with van der Waals surface area (Å²) in [5.74, 6) is 0. The lowest BCUT2D eigenvalue weighted by Gasteiger charge is -2.22. The van der Waals surface area contributed by atoms with Crippen LogP contribution in [0.3, 0.4) is 0 Å². The number of fused-ring (bicyclic) bond motifs is 1. The van der Waals surface area contributed by atoms with Gasteiger partial charge in [-0.05, 0) is 37.1 Å². The van der Waals surface area contributed by atoms with Crippen molar-refractivity contribution < 1.29 is 0 Å². The summed E-state index contributed by atoms with van der Waals surface area (Å²) in [6.45, 7) is 11.0. The lowest BCUT2D eigenvalue weighted by Crippen LogP contribution is -2.31. The summed E-state index contributed by atoms with van der Waals surface area (Å²) in [6, 6.07) is 6.68. The second-order valence-electron chi connectivity index (χ2n) is 5.19. The Morgan fingerprint density at radius 3 is 2.89 bits per heavy atom. The molecule has 0 spiro atoms. The zero-order chi connectivity index (χ0) is 13.5. The first kappa shape index (κ1) is 14.4. The Labute approximate surface area is 117 Å². The summed E-state index contributed by atoms with van der Waals surface area (Å²) in [5.41, 5.74) is 4.27. The molecule has 0 bridgehead atoms. The molecule has 0 atom stereocenters. The third kappa shape index (κ3) is 3.95. The van der Waals surface area contributed by atoms with Crippen molar-refractivity contribution in [1.82, 2.24) is 10.2 Å². The molecule has 1 aliphatic heterocycles. The van der Waals surface area contributed by atoms with Crippen LogP contribution < -0.4 is 10.6 Å². The monoisotopic (exact) mass is 261 g/mol. The van der Waals surface area contributed by atoms with Crippen LogP contribution in [0.1, 0.15) is 31.4 Å². The molecule has 19 heavy (non-hydrogen) atoms. The predicted octanol–water partition coefficient (Wildman–Crippen LogP) is 2.48. The molecule has 0 aliphatic carbocycles. The third-order valence-corrected chi connectivity index (χ3v) is 3.98. The summed E-state index contributed by atoms with van der Waals surface area (Å²) in [6.07, 6.45) is 2.47. The van der Waals surface area contributed by atoms with Gasteiger partial charge >= 0.3 is 0 Å². The summed E-state index contributed by atoms with van der Waals surface area (Å²) in [4.78, 5) is 2.45. The number of hydrogen-bond acceptors (Lipinski definition) is 3. The van der Waals surface area contributed by atoms with E-state index in [1.54, 1.807) is 0 Å². The standard InChI is InChI=1S/C16H27N3/c1-3-19(4-2)12-11-17-13-15-8-5-7-14-9-6-10-18-16(14)15/h5,7-8,17-18H,3-4,6,9-13H2,1-2H3. The van der Waals surface area contributed by atoms with E-state index in [0.717, 1.165) is 39.3 Å². The summed E-state index contributed by atoms with van der Waals surface area (Å²) in [7, 11) is 0. The number of rotatable bonds is 7. The minimum atomic E-state index is 0.970. The van der Waals surface area contributed by atoms with Crippen molar-refractivity contribution in [1.29, 1.82) is 0 Å². The van der Waals surface area contributed by atoms with Crippen LogP contribution in [0.2, 0.25) is 0 Å². The Hall–Kier alpha value is -1.06. The molecule has 2 N–H and O–H groups in total. The van der Waals surface area contributed by atoms with Crippen LogP contribution in [-0.2, 0) is 13.0 Å². The van der Waals surface area contributed by atoms with Gasteiger partial charge in [0, 0.05) is 31.9 Å². The zero-order valence-electron chi connectivity index (χ0n) is 12.3. The van der Waals surface area contributed by atoms with Crippen LogP contribution in [0.25, 0.3) is 0 Å². The minimum Gasteiger partial charge on any atom is -0.385 e. The first-order valence-electron chi connectivity index (χ1n) is 7.62. The molecular formula is C16H27N3. The zero-order valence-corrected chi connectivity index (χ0v) is 12.3. The van der Waals surface area contributed by atoms with Gasteiger partial charge in [0.25, 0.3) is 0 Å². The molecule has 0 saturated carbocycles. The molecule has 2 rings (SSSR count). The number of hydrogen-bond donors (Lipinski definition) is 2. The van der Waals surface area contributed by atoms with Crippen LogP contribution in [0, 0.1) is 0 Å². The molecule has 0 aromatic heterocycles. The average molecular weight is 261 g/mol. The van der Waals surface area contributed by atoms with Crippen LogP contribution in [-0.4, -0.2) is 37.6 Å². The SMILES string of the molecule is CCN(CC)CCNCc1cccc2c1NCCC2. The highest BCUT2D eigenvalue weighted by Gasteiger charge is 2.11. The van der Waals surface area contributed by atoms with E-state index >= 15 is 0 Å². The number of nitrogens with zero attached hydrogens (tertiary/aromatic N) is 1. The Balaban J connectivity index is 1.83. The maximum absolute atomic E-state index is 3.57. The molecule has 0 unspecified atom stereocenters. The van der Waals surface area contributed by atoms with Gasteiger partial charge in [-0.25, -0.2) is 0 Å². The number of nitrogens with one attached hydrogen (secondary N) is 2. The van der Waals surface area contributed by atoms with Gasteiger partial charge in [-0.15, -0.1) is 0 Å². The Morgan fingerprint density at radius 2 is 2.11 bits per heavy atom. The van der Waals surface area contributed by atoms with Crippen molar-refractivity contribution in [3.8, 4) is 0 Å². The van der Waals surface area contributed by atoms with E-state index in [0.29, 0.717) is 0 Å². The molecule has 106 valence electrons. The molecule has 0 fully saturated rings. The molecule has 0 amide bonds. The lowest BCUT2D eigenvalue weighted by molar-refractivity contribution is 0.302. The van der Waals surface area contributed by atoms with Crippen molar-refractivity contribution in [2.45, 2.75) is 33.2 Å². The smallest absolute Gasteiger partial charge is 0.0418 e. The lowest BCUT2D eigenvalue weighted by atomic mass is 9.99. The summed E-state index contributed by atoms with van der Waals surface area (Å²) < 4.78 is 0. The summed E-state index contributed by atoms with van der Waals surface area (Å²) in [5, 5.41) is 7.12. The van der Waals surface area contributed by atoms with Gasteiger partial charge < -0.3 is 15.5 Å². The number of aryl methyl sites for hydroxylation is 1. The highest BCUT2D eigenvalue weighted by atomic mass is 15.1. The first-order valence-corrected chi connectivity index (χ1v) is 7.62. The van der Waals surface area contributed by atoms with Gasteiger partial charge in [0.1, 0.15) is 0 Å². The second kappa shape index (κ2) is 7.51. The minimum absolute atomic E-state index is 0.970. The summed E-state index contributed by atoms with van der Waals surface area (Å²) >= 11 is 0. The highest BCUT2D eigenvalue weighted by molar-refractivity contribution is 5.59. The van der Waals surface area contributed by atoms with Gasteiger partial charge in [0.15, 0.2) is 0 Å². The molecule has 0 saturated heterocycles. The molecular weight excluding hydrogens is 234 g/mol. The third-order valence-electron chi connectivity index (χ3n) is 3.98. The van der Waals surface area contributed by atoms with Crippen LogP contribution >= 0.6 is 0 Å². The largest absolute Gasteiger partial charge is 0.385 e. The first-order chi connectivity index (χ1) is 9.35. The molecule has 1 aromatic carbocycles. The fourth-order valence-electron chi connectivity index (χ4n) is 2.73. The van der Waals surface area contributed by atoms with Gasteiger partial charge in [0.05, 0.1) is 0 Å². The van der Waals surface area contributed by atoms with Crippen molar-refractivity contribution in [2.75, 3.05) is 38.0 Å². The number of anilines is 1. The van der Waals surface area contributed by atoms with E-state index in [9.17, 15) is 0 Å². The highest BCUT2D eigenvalue weighted by Crippen LogP contribution is 2.25. The fraction of sp³-hybridized carbons (Fsp3) is 0.625. The van der Waals surface area contributed by atoms with Crippen molar-refractivity contribution >= 4 is 5.69 Å². The second-order valence-corrected chi connectivity index (χ2v) is 5.19. The molecule has 1 aromatic rings. The fourth-order valence-corrected chi connectivity index (χ4v) is 2.73. The Bertz CT molecular complexity index is 386. The molecule has 3 nitrogen and oxygen atoms in total. The van der Waals surface area contributed by atoms with E-state index < -0.39 is 0 Å². The molecule has 1 heterocycles. The quantitative estimate of drug-likeness (QED) is 0.738. The van der Waals surface area contributed by atoms with Gasteiger partial charge in [-0.3, -0.25) is 0 Å². The van der Waals surface area contributed by atoms with E-state index in [1.165, 1.54) is 29.7 Å². The molecule has 0 radical (unpaired) electrons. The molecule has 3 heteroatoms. The Morgan fingerprint density at radius 1 is 1.26 bits per heavy atom. The van der Waals surface area contributed by atoms with E-state index in [1.807, 2.05) is 0 Å². The average Bonchev–Trinajstić information content (AvgIpc) is 2.47. The Kier molecular flexibility index (Phi) is 5.67. The normalized spacial score (nSPS) is 14.3. The van der Waals surface area contributed by atoms with E-state index in [-0.39, 0.29) is 0 Å². The predicted molar refractivity (Wildman–Crippen MR) is 82.7 cm³/mol. The molecule has 1 aliphatic rings. The van der Waals surface area contributed by atoms with Crippen molar-refractivity contribution in [3.63, 3.8) is 0 Å². The number of likely N-dealkylation sites (N-methyl/N-ethyl adjacent to an activating group) is 1. The van der Waals surface area contributed by atoms with Crippen LogP contribution in [0.15, 0.2) is 18.2 Å². The van der Waals surface area contributed by atoms with Gasteiger partial charge in [0.2, 0.25) is 0 Å². The van der Waals surface area contributed by atoms with Gasteiger partial charge in [-0.1, -0.05) is 32.0 Å². The number of para-hydroxylation sites is 1. The van der Waals surface area contributed by atoms with Crippen molar-refractivity contribution in [2.24, 2.45) is 0 Å². The van der Waals surface area contributed by atoms with Crippen LogP contribution in [0.4, 0.5) is 5.69 Å². The van der Waals surface area contributed by atoms with Gasteiger partial charge in [-0.2, -0.15) is 0 Å². The topological polar surface area (TPSA) is 27.3 Å². The maximum atomic E-state index is 3.57. The van der Waals surface area contributed by atoms with E-state index in [4.69, 9.17) is 0 Å².